The molecule has 0 aliphatic carbocycles. The van der Waals surface area contributed by atoms with Crippen LogP contribution in [0, 0.1) is 6.92 Å². The van der Waals surface area contributed by atoms with Crippen molar-refractivity contribution in [1.82, 2.24) is 4.98 Å². The lowest BCUT2D eigenvalue weighted by molar-refractivity contribution is 0.0995. The molecule has 3 N–H and O–H groups in total. The first-order chi connectivity index (χ1) is 5.09. The molecular weight excluding hydrogens is 144 g/mol. The molecule has 0 fully saturated rings. The summed E-state index contributed by atoms with van der Waals surface area (Å²) in [5.74, 6) is -0.629. The van der Waals surface area contributed by atoms with Crippen molar-refractivity contribution in [3.63, 3.8) is 0 Å². The maximum absolute atomic E-state index is 10.6. The van der Waals surface area contributed by atoms with Gasteiger partial charge in [-0.15, -0.1) is 0 Å². The Morgan fingerprint density at radius 3 is 2.73 bits per heavy atom. The van der Waals surface area contributed by atoms with Crippen LogP contribution in [-0.4, -0.2) is 16.0 Å². The van der Waals surface area contributed by atoms with Crippen molar-refractivity contribution in [2.45, 2.75) is 6.92 Å². The van der Waals surface area contributed by atoms with Crippen LogP contribution in [0.3, 0.4) is 0 Å². The zero-order valence-electron chi connectivity index (χ0n) is 6.03. The molecule has 1 amide bonds. The number of carbonyl (C=O) groups excluding carboxylic acids is 1. The summed E-state index contributed by atoms with van der Waals surface area (Å²) in [6.45, 7) is 1.67. The van der Waals surface area contributed by atoms with E-state index in [4.69, 9.17) is 10.8 Å². The molecule has 0 unspecified atom stereocenters. The number of amides is 1. The minimum atomic E-state index is -0.635. The fraction of sp³-hybridized carbons (Fsp3) is 0.143. The van der Waals surface area contributed by atoms with Crippen LogP contribution in [0.15, 0.2) is 12.1 Å². The van der Waals surface area contributed by atoms with Crippen LogP contribution in [0.2, 0.25) is 0 Å². The molecule has 4 nitrogen and oxygen atoms in total. The fourth-order valence-corrected chi connectivity index (χ4v) is 0.777. The van der Waals surface area contributed by atoms with Gasteiger partial charge < -0.3 is 10.8 Å². The van der Waals surface area contributed by atoms with Gasteiger partial charge in [0.2, 0.25) is 0 Å². The molecule has 0 spiro atoms. The van der Waals surface area contributed by atoms with E-state index in [1.54, 1.807) is 6.92 Å². The lowest BCUT2D eigenvalue weighted by atomic mass is 10.3. The second kappa shape index (κ2) is 2.57. The molecule has 0 saturated heterocycles. The average molecular weight is 152 g/mol. The monoisotopic (exact) mass is 152 g/mol. The van der Waals surface area contributed by atoms with Gasteiger partial charge in [-0.3, -0.25) is 4.79 Å². The zero-order chi connectivity index (χ0) is 8.43. The number of nitrogens with zero attached hydrogens (tertiary/aromatic N) is 1. The molecule has 1 aromatic rings. The lowest BCUT2D eigenvalue weighted by Gasteiger charge is -1.97. The molecule has 0 radical (unpaired) electrons. The molecule has 1 heterocycles. The number of hydrogen-bond donors (Lipinski definition) is 2. The molecule has 1 rings (SSSR count). The van der Waals surface area contributed by atoms with E-state index in [9.17, 15) is 4.79 Å². The molecule has 58 valence electrons. The van der Waals surface area contributed by atoms with Gasteiger partial charge in [0, 0.05) is 17.8 Å². The molecular formula is C7H8N2O2. The largest absolute Gasteiger partial charge is 0.508 e. The summed E-state index contributed by atoms with van der Waals surface area (Å²) in [6.07, 6.45) is 0. The SMILES string of the molecule is Cc1cc(O)cc(C(N)=O)n1. The summed E-state index contributed by atoms with van der Waals surface area (Å²) >= 11 is 0. The van der Waals surface area contributed by atoms with Crippen LogP contribution >= 0.6 is 0 Å². The van der Waals surface area contributed by atoms with Gasteiger partial charge in [0.25, 0.3) is 5.91 Å². The summed E-state index contributed by atoms with van der Waals surface area (Å²) in [7, 11) is 0. The van der Waals surface area contributed by atoms with Gasteiger partial charge in [0.1, 0.15) is 11.4 Å². The van der Waals surface area contributed by atoms with Gasteiger partial charge in [0.05, 0.1) is 0 Å². The quantitative estimate of drug-likeness (QED) is 0.603. The Balaban J connectivity index is 3.19. The van der Waals surface area contributed by atoms with Crippen molar-refractivity contribution >= 4 is 5.91 Å². The van der Waals surface area contributed by atoms with Crippen LogP contribution in [0.1, 0.15) is 16.2 Å². The Labute approximate surface area is 63.7 Å². The highest BCUT2D eigenvalue weighted by Gasteiger charge is 2.03. The van der Waals surface area contributed by atoms with Crippen LogP contribution < -0.4 is 5.73 Å². The Kier molecular flexibility index (Phi) is 1.76. The van der Waals surface area contributed by atoms with Gasteiger partial charge in [-0.2, -0.15) is 0 Å². The Morgan fingerprint density at radius 1 is 1.64 bits per heavy atom. The predicted octanol–water partition coefficient (Wildman–Crippen LogP) is 0.195. The average Bonchev–Trinajstić information content (AvgIpc) is 1.85. The number of aryl methyl sites for hydroxylation is 1. The van der Waals surface area contributed by atoms with Gasteiger partial charge in [-0.05, 0) is 6.92 Å². The molecule has 0 saturated carbocycles. The first-order valence-electron chi connectivity index (χ1n) is 3.07. The van der Waals surface area contributed by atoms with Crippen LogP contribution in [-0.2, 0) is 0 Å². The number of primary amides is 1. The van der Waals surface area contributed by atoms with Crippen molar-refractivity contribution < 1.29 is 9.90 Å². The predicted molar refractivity (Wildman–Crippen MR) is 39.2 cm³/mol. The van der Waals surface area contributed by atoms with Crippen molar-refractivity contribution in [2.75, 3.05) is 0 Å². The van der Waals surface area contributed by atoms with Gasteiger partial charge >= 0.3 is 0 Å². The van der Waals surface area contributed by atoms with E-state index in [0.717, 1.165) is 0 Å². The number of aromatic nitrogens is 1. The topological polar surface area (TPSA) is 76.2 Å². The van der Waals surface area contributed by atoms with Gasteiger partial charge in [-0.1, -0.05) is 0 Å². The number of hydrogen-bond acceptors (Lipinski definition) is 3. The highest BCUT2D eigenvalue weighted by molar-refractivity contribution is 5.91. The van der Waals surface area contributed by atoms with Crippen molar-refractivity contribution in [3.05, 3.63) is 23.5 Å². The fourth-order valence-electron chi connectivity index (χ4n) is 0.777. The molecule has 0 aliphatic rings. The van der Waals surface area contributed by atoms with Crippen molar-refractivity contribution in [1.29, 1.82) is 0 Å². The summed E-state index contributed by atoms with van der Waals surface area (Å²) in [4.78, 5) is 14.4. The van der Waals surface area contributed by atoms with E-state index < -0.39 is 5.91 Å². The number of rotatable bonds is 1. The maximum atomic E-state index is 10.6. The summed E-state index contributed by atoms with van der Waals surface area (Å²) in [5, 5.41) is 9.00. The van der Waals surface area contributed by atoms with E-state index >= 15 is 0 Å². The molecule has 4 heteroatoms. The van der Waals surface area contributed by atoms with Crippen molar-refractivity contribution in [2.24, 2.45) is 5.73 Å². The van der Waals surface area contributed by atoms with Crippen molar-refractivity contribution in [3.8, 4) is 5.75 Å². The van der Waals surface area contributed by atoms with E-state index in [1.165, 1.54) is 12.1 Å². The normalized spacial score (nSPS) is 9.55. The number of nitrogens with two attached hydrogens (primary N) is 1. The van der Waals surface area contributed by atoms with Crippen LogP contribution in [0.25, 0.3) is 0 Å². The summed E-state index contributed by atoms with van der Waals surface area (Å²) < 4.78 is 0. The summed E-state index contributed by atoms with van der Waals surface area (Å²) in [5.41, 5.74) is 5.59. The highest BCUT2D eigenvalue weighted by atomic mass is 16.3. The van der Waals surface area contributed by atoms with E-state index in [1.807, 2.05) is 0 Å². The molecule has 0 aromatic carbocycles. The highest BCUT2D eigenvalue weighted by Crippen LogP contribution is 2.10. The Morgan fingerprint density at radius 2 is 2.27 bits per heavy atom. The first-order valence-corrected chi connectivity index (χ1v) is 3.07. The minimum absolute atomic E-state index is 0.00583. The van der Waals surface area contributed by atoms with Crippen LogP contribution in [0.5, 0.6) is 5.75 Å². The standard InChI is InChI=1S/C7H8N2O2/c1-4-2-5(10)3-6(9-4)7(8)11/h2-3H,1H3,(H2,8,11)(H,9,10). The van der Waals surface area contributed by atoms with Crippen LogP contribution in [0.4, 0.5) is 0 Å². The molecule has 11 heavy (non-hydrogen) atoms. The first kappa shape index (κ1) is 7.53. The molecule has 0 atom stereocenters. The minimum Gasteiger partial charge on any atom is -0.508 e. The lowest BCUT2D eigenvalue weighted by Crippen LogP contribution is -2.13. The second-order valence-electron chi connectivity index (χ2n) is 2.22. The zero-order valence-corrected chi connectivity index (χ0v) is 6.03. The number of pyridine rings is 1. The van der Waals surface area contributed by atoms with E-state index in [0.29, 0.717) is 5.69 Å². The summed E-state index contributed by atoms with van der Waals surface area (Å²) in [6, 6.07) is 2.68. The Hall–Kier alpha value is -1.58. The maximum Gasteiger partial charge on any atom is 0.267 e. The Bertz CT molecular complexity index is 276. The van der Waals surface area contributed by atoms with E-state index in [-0.39, 0.29) is 11.4 Å². The third kappa shape index (κ3) is 1.67. The second-order valence-corrected chi connectivity index (χ2v) is 2.22. The molecule has 0 aliphatic heterocycles. The third-order valence-corrected chi connectivity index (χ3v) is 1.19. The smallest absolute Gasteiger partial charge is 0.267 e. The molecule has 0 bridgehead atoms. The molecule has 1 aromatic heterocycles. The third-order valence-electron chi connectivity index (χ3n) is 1.19. The van der Waals surface area contributed by atoms with E-state index in [2.05, 4.69) is 4.98 Å². The number of aromatic hydroxyl groups is 1. The van der Waals surface area contributed by atoms with Gasteiger partial charge in [0.15, 0.2) is 0 Å². The number of carbonyl (C=O) groups is 1. The van der Waals surface area contributed by atoms with Gasteiger partial charge in [-0.25, -0.2) is 4.98 Å².